The van der Waals surface area contributed by atoms with Gasteiger partial charge in [-0.1, -0.05) is 6.92 Å². The van der Waals surface area contributed by atoms with Crippen molar-refractivity contribution in [2.45, 2.75) is 25.9 Å². The van der Waals surface area contributed by atoms with Crippen molar-refractivity contribution in [3.63, 3.8) is 0 Å². The number of anilines is 3. The van der Waals surface area contributed by atoms with Crippen molar-refractivity contribution in [1.29, 1.82) is 5.26 Å². The van der Waals surface area contributed by atoms with E-state index in [4.69, 9.17) is 9.47 Å². The Labute approximate surface area is 185 Å². The second kappa shape index (κ2) is 9.08. The third-order valence-corrected chi connectivity index (χ3v) is 5.47. The third kappa shape index (κ3) is 4.13. The number of rotatable bonds is 7. The molecule has 3 aromatic rings. The van der Waals surface area contributed by atoms with Crippen molar-refractivity contribution < 1.29 is 14.4 Å². The Kier molecular flexibility index (Phi) is 6.05. The van der Waals surface area contributed by atoms with E-state index in [-0.39, 0.29) is 17.5 Å². The lowest BCUT2D eigenvalue weighted by Gasteiger charge is -2.16. The van der Waals surface area contributed by atoms with Crippen LogP contribution in [0.15, 0.2) is 36.5 Å². The molecule has 0 spiro atoms. The molecule has 2 aromatic carbocycles. The number of pyridine rings is 1. The van der Waals surface area contributed by atoms with Crippen LogP contribution >= 0.6 is 0 Å². The van der Waals surface area contributed by atoms with E-state index < -0.39 is 4.92 Å². The molecule has 0 radical (unpaired) electrons. The van der Waals surface area contributed by atoms with Gasteiger partial charge in [0.1, 0.15) is 12.2 Å². The Balaban J connectivity index is 1.81. The van der Waals surface area contributed by atoms with E-state index in [0.717, 1.165) is 23.4 Å². The number of nitrogens with one attached hydrogen (secondary N) is 2. The van der Waals surface area contributed by atoms with Crippen LogP contribution in [-0.2, 0) is 11.2 Å². The Hall–Kier alpha value is -3.90. The largest absolute Gasteiger partial charge is 0.481 e. The van der Waals surface area contributed by atoms with Crippen molar-refractivity contribution in [3.05, 3.63) is 57.8 Å². The van der Waals surface area contributed by atoms with E-state index in [0.29, 0.717) is 41.8 Å². The summed E-state index contributed by atoms with van der Waals surface area (Å²) in [5.74, 6) is 0.146. The summed E-state index contributed by atoms with van der Waals surface area (Å²) in [5.41, 5.74) is 3.98. The molecule has 1 aromatic heterocycles. The van der Waals surface area contributed by atoms with Crippen molar-refractivity contribution in [2.24, 2.45) is 0 Å². The predicted octanol–water partition coefficient (Wildman–Crippen LogP) is 4.53. The lowest BCUT2D eigenvalue weighted by atomic mass is 10.1. The first-order valence-electron chi connectivity index (χ1n) is 10.4. The quantitative estimate of drug-likeness (QED) is 0.412. The third-order valence-electron chi connectivity index (χ3n) is 5.47. The van der Waals surface area contributed by atoms with Crippen molar-refractivity contribution >= 4 is 33.7 Å². The highest BCUT2D eigenvalue weighted by molar-refractivity contribution is 5.98. The van der Waals surface area contributed by atoms with Crippen LogP contribution in [0.5, 0.6) is 5.75 Å². The maximum atomic E-state index is 11.8. The summed E-state index contributed by atoms with van der Waals surface area (Å²) in [6, 6.07) is 10.9. The molecule has 0 aliphatic carbocycles. The standard InChI is InChI=1S/C23H23N5O4/c1-3-14-8-16(4-5-19(14)25-2)27-23-15(11-24)12-26-20-10-22(32-17-6-7-31-13-17)21(28(29)30)9-18(20)23/h4-5,8-10,12,17,25H,3,6-7,13H2,1-2H3,(H,26,27). The first kappa shape index (κ1) is 21.3. The molecular formula is C23H23N5O4. The van der Waals surface area contributed by atoms with Gasteiger partial charge in [0.15, 0.2) is 5.75 Å². The Bertz CT molecular complexity index is 1220. The second-order valence-electron chi connectivity index (χ2n) is 7.46. The second-order valence-corrected chi connectivity index (χ2v) is 7.46. The van der Waals surface area contributed by atoms with Crippen LogP contribution in [0.25, 0.3) is 10.9 Å². The topological polar surface area (TPSA) is 122 Å². The number of nitriles is 1. The molecule has 164 valence electrons. The minimum atomic E-state index is -0.482. The molecular weight excluding hydrogens is 410 g/mol. The first-order chi connectivity index (χ1) is 15.5. The average Bonchev–Trinajstić information content (AvgIpc) is 3.31. The van der Waals surface area contributed by atoms with Gasteiger partial charge in [-0.25, -0.2) is 0 Å². The monoisotopic (exact) mass is 433 g/mol. The maximum absolute atomic E-state index is 11.8. The summed E-state index contributed by atoms with van der Waals surface area (Å²) in [6.45, 7) is 3.02. The van der Waals surface area contributed by atoms with Crippen molar-refractivity contribution in [1.82, 2.24) is 4.98 Å². The molecule has 1 atom stereocenters. The average molecular weight is 433 g/mol. The zero-order chi connectivity index (χ0) is 22.7. The Morgan fingerprint density at radius 2 is 2.22 bits per heavy atom. The van der Waals surface area contributed by atoms with E-state index in [1.165, 1.54) is 12.3 Å². The van der Waals surface area contributed by atoms with Gasteiger partial charge in [0, 0.05) is 48.6 Å². The van der Waals surface area contributed by atoms with E-state index in [1.54, 1.807) is 6.07 Å². The van der Waals surface area contributed by atoms with E-state index in [9.17, 15) is 15.4 Å². The molecule has 9 nitrogen and oxygen atoms in total. The first-order valence-corrected chi connectivity index (χ1v) is 10.4. The van der Waals surface area contributed by atoms with Crippen LogP contribution < -0.4 is 15.4 Å². The van der Waals surface area contributed by atoms with Crippen LogP contribution in [0.1, 0.15) is 24.5 Å². The molecule has 1 fully saturated rings. The molecule has 9 heteroatoms. The number of ether oxygens (including phenoxy) is 2. The summed E-state index contributed by atoms with van der Waals surface area (Å²) in [5, 5.41) is 28.4. The Morgan fingerprint density at radius 3 is 2.88 bits per heavy atom. The Morgan fingerprint density at radius 1 is 1.38 bits per heavy atom. The SMILES string of the molecule is CCc1cc(Nc2c(C#N)cnc3cc(OC4CCOC4)c([N+](=O)[O-])cc23)ccc1NC. The molecule has 1 aliphatic heterocycles. The smallest absolute Gasteiger partial charge is 0.311 e. The number of nitrogens with zero attached hydrogens (tertiary/aromatic N) is 3. The highest BCUT2D eigenvalue weighted by atomic mass is 16.6. The molecule has 0 bridgehead atoms. The van der Waals surface area contributed by atoms with Crippen LogP contribution in [0.4, 0.5) is 22.7 Å². The van der Waals surface area contributed by atoms with Crippen LogP contribution in [-0.4, -0.2) is 36.3 Å². The number of nitro benzene ring substituents is 1. The fraction of sp³-hybridized carbons (Fsp3) is 0.304. The fourth-order valence-corrected chi connectivity index (χ4v) is 3.80. The van der Waals surface area contributed by atoms with Crippen LogP contribution in [0, 0.1) is 21.4 Å². The van der Waals surface area contributed by atoms with E-state index in [1.807, 2.05) is 25.2 Å². The number of hydrogen-bond acceptors (Lipinski definition) is 8. The molecule has 0 amide bonds. The van der Waals surface area contributed by atoms with Gasteiger partial charge in [0.05, 0.1) is 34.9 Å². The summed E-state index contributed by atoms with van der Waals surface area (Å²) < 4.78 is 11.2. The number of aromatic nitrogens is 1. The van der Waals surface area contributed by atoms with Gasteiger partial charge in [0.2, 0.25) is 0 Å². The fourth-order valence-electron chi connectivity index (χ4n) is 3.80. The summed E-state index contributed by atoms with van der Waals surface area (Å²) in [7, 11) is 1.86. The molecule has 2 N–H and O–H groups in total. The highest BCUT2D eigenvalue weighted by Gasteiger charge is 2.25. The van der Waals surface area contributed by atoms with Gasteiger partial charge >= 0.3 is 5.69 Å². The summed E-state index contributed by atoms with van der Waals surface area (Å²) >= 11 is 0. The minimum absolute atomic E-state index is 0.146. The summed E-state index contributed by atoms with van der Waals surface area (Å²) in [4.78, 5) is 15.7. The highest BCUT2D eigenvalue weighted by Crippen LogP contribution is 2.38. The molecule has 4 rings (SSSR count). The molecule has 0 saturated carbocycles. The van der Waals surface area contributed by atoms with Gasteiger partial charge in [-0.2, -0.15) is 5.26 Å². The number of benzene rings is 2. The predicted molar refractivity (Wildman–Crippen MR) is 122 cm³/mol. The number of aryl methyl sites for hydroxylation is 1. The van der Waals surface area contributed by atoms with E-state index >= 15 is 0 Å². The van der Waals surface area contributed by atoms with Crippen LogP contribution in [0.2, 0.25) is 0 Å². The molecule has 32 heavy (non-hydrogen) atoms. The van der Waals surface area contributed by atoms with Crippen LogP contribution in [0.3, 0.4) is 0 Å². The van der Waals surface area contributed by atoms with Gasteiger partial charge in [-0.05, 0) is 30.2 Å². The lowest BCUT2D eigenvalue weighted by Crippen LogP contribution is -2.16. The number of hydrogen-bond donors (Lipinski definition) is 2. The number of nitro groups is 1. The normalized spacial score (nSPS) is 15.3. The van der Waals surface area contributed by atoms with Gasteiger partial charge in [0.25, 0.3) is 0 Å². The van der Waals surface area contributed by atoms with Crippen molar-refractivity contribution in [3.8, 4) is 11.8 Å². The van der Waals surface area contributed by atoms with Gasteiger partial charge < -0.3 is 20.1 Å². The minimum Gasteiger partial charge on any atom is -0.481 e. The zero-order valence-electron chi connectivity index (χ0n) is 17.8. The summed E-state index contributed by atoms with van der Waals surface area (Å²) in [6.07, 6.45) is 2.72. The zero-order valence-corrected chi connectivity index (χ0v) is 17.8. The maximum Gasteiger partial charge on any atom is 0.311 e. The molecule has 2 heterocycles. The van der Waals surface area contributed by atoms with Gasteiger partial charge in [-0.15, -0.1) is 0 Å². The molecule has 1 saturated heterocycles. The van der Waals surface area contributed by atoms with E-state index in [2.05, 4.69) is 28.6 Å². The van der Waals surface area contributed by atoms with Crippen molar-refractivity contribution in [2.75, 3.05) is 30.9 Å². The van der Waals surface area contributed by atoms with Gasteiger partial charge in [-0.3, -0.25) is 15.1 Å². The molecule has 1 aliphatic rings. The molecule has 1 unspecified atom stereocenters. The lowest BCUT2D eigenvalue weighted by molar-refractivity contribution is -0.385. The number of fused-ring (bicyclic) bond motifs is 1.